The molecule has 156 valence electrons. The van der Waals surface area contributed by atoms with Gasteiger partial charge >= 0.3 is 5.97 Å². The zero-order valence-corrected chi connectivity index (χ0v) is 19.0. The number of ether oxygens (including phenoxy) is 2. The van der Waals surface area contributed by atoms with Gasteiger partial charge in [0.2, 0.25) is 0 Å². The Hall–Kier alpha value is -1.51. The van der Waals surface area contributed by atoms with Gasteiger partial charge in [0, 0.05) is 30.0 Å². The second-order valence-corrected chi connectivity index (χ2v) is 10.9. The van der Waals surface area contributed by atoms with Crippen molar-refractivity contribution in [1.82, 2.24) is 0 Å². The predicted molar refractivity (Wildman–Crippen MR) is 115 cm³/mol. The molecular weight excluding hydrogens is 348 g/mol. The maximum absolute atomic E-state index is 12.0. The number of rotatable bonds is 1. The smallest absolute Gasteiger partial charge is 0.308 e. The predicted octanol–water partition coefficient (Wildman–Crippen LogP) is 6.62. The summed E-state index contributed by atoms with van der Waals surface area (Å²) < 4.78 is 12.6. The Morgan fingerprint density at radius 3 is 2.04 bits per heavy atom. The van der Waals surface area contributed by atoms with Gasteiger partial charge in [-0.2, -0.15) is 0 Å². The maximum atomic E-state index is 12.0. The second-order valence-electron chi connectivity index (χ2n) is 10.9. The molecule has 1 aromatic rings. The molecule has 3 heteroatoms. The maximum Gasteiger partial charge on any atom is 0.308 e. The first-order valence-electron chi connectivity index (χ1n) is 11.0. The van der Waals surface area contributed by atoms with Crippen molar-refractivity contribution >= 4 is 5.97 Å². The lowest BCUT2D eigenvalue weighted by molar-refractivity contribution is -0.132. The van der Waals surface area contributed by atoms with E-state index in [0.717, 1.165) is 41.9 Å². The number of carbonyl (C=O) groups excluding carboxylic acids is 1. The third-order valence-corrected chi connectivity index (χ3v) is 6.24. The van der Waals surface area contributed by atoms with Crippen molar-refractivity contribution in [1.29, 1.82) is 0 Å². The van der Waals surface area contributed by atoms with Crippen LogP contribution in [0.25, 0.3) is 0 Å². The minimum atomic E-state index is -0.254. The highest BCUT2D eigenvalue weighted by molar-refractivity contribution is 5.72. The van der Waals surface area contributed by atoms with Crippen molar-refractivity contribution in [2.24, 2.45) is 0 Å². The van der Waals surface area contributed by atoms with E-state index >= 15 is 0 Å². The molecule has 1 aliphatic carbocycles. The SMILES string of the molecule is CC(=O)Oc1c(C(C)(C)C)cc2c(c1C(C)(C)C)CC1(CCCCCCC1)O2. The van der Waals surface area contributed by atoms with Crippen LogP contribution in [0.4, 0.5) is 0 Å². The van der Waals surface area contributed by atoms with E-state index in [2.05, 4.69) is 47.6 Å². The van der Waals surface area contributed by atoms with E-state index in [9.17, 15) is 4.79 Å². The van der Waals surface area contributed by atoms with Gasteiger partial charge in [0.15, 0.2) is 0 Å². The second kappa shape index (κ2) is 7.39. The van der Waals surface area contributed by atoms with Crippen molar-refractivity contribution in [3.8, 4) is 11.5 Å². The third kappa shape index (κ3) is 4.23. The van der Waals surface area contributed by atoms with E-state index in [1.807, 2.05) is 0 Å². The van der Waals surface area contributed by atoms with Crippen LogP contribution in [0.1, 0.15) is 110 Å². The summed E-state index contributed by atoms with van der Waals surface area (Å²) >= 11 is 0. The van der Waals surface area contributed by atoms with Crippen LogP contribution in [0.5, 0.6) is 11.5 Å². The largest absolute Gasteiger partial charge is 0.487 e. The molecular formula is C25H38O3. The molecule has 0 atom stereocenters. The lowest BCUT2D eigenvalue weighted by atomic mass is 9.75. The van der Waals surface area contributed by atoms with Gasteiger partial charge in [0.05, 0.1) is 0 Å². The zero-order chi connectivity index (χ0) is 20.7. The molecule has 2 aliphatic rings. The van der Waals surface area contributed by atoms with Crippen LogP contribution in [0.3, 0.4) is 0 Å². The Labute approximate surface area is 171 Å². The Morgan fingerprint density at radius 1 is 0.964 bits per heavy atom. The normalized spacial score (nSPS) is 19.5. The van der Waals surface area contributed by atoms with Gasteiger partial charge in [0.1, 0.15) is 17.1 Å². The first kappa shape index (κ1) is 21.2. The molecule has 1 aromatic carbocycles. The van der Waals surface area contributed by atoms with Crippen molar-refractivity contribution in [2.75, 3.05) is 0 Å². The molecule has 0 radical (unpaired) electrons. The van der Waals surface area contributed by atoms with Crippen molar-refractivity contribution in [2.45, 2.75) is 116 Å². The first-order valence-corrected chi connectivity index (χ1v) is 11.0. The van der Waals surface area contributed by atoms with Crippen LogP contribution in [0, 0.1) is 0 Å². The van der Waals surface area contributed by atoms with E-state index in [0.29, 0.717) is 0 Å². The number of fused-ring (bicyclic) bond motifs is 1. The van der Waals surface area contributed by atoms with Gasteiger partial charge in [-0.3, -0.25) is 4.79 Å². The lowest BCUT2D eigenvalue weighted by Crippen LogP contribution is -2.35. The van der Waals surface area contributed by atoms with Gasteiger partial charge < -0.3 is 9.47 Å². The van der Waals surface area contributed by atoms with Crippen LogP contribution in [0.15, 0.2) is 6.07 Å². The van der Waals surface area contributed by atoms with Crippen molar-refractivity contribution < 1.29 is 14.3 Å². The van der Waals surface area contributed by atoms with E-state index < -0.39 is 0 Å². The minimum absolute atomic E-state index is 0.0766. The minimum Gasteiger partial charge on any atom is -0.487 e. The molecule has 3 nitrogen and oxygen atoms in total. The van der Waals surface area contributed by atoms with Crippen LogP contribution < -0.4 is 9.47 Å². The molecule has 0 aromatic heterocycles. The highest BCUT2D eigenvalue weighted by Gasteiger charge is 2.44. The van der Waals surface area contributed by atoms with E-state index in [4.69, 9.17) is 9.47 Å². The summed E-state index contributed by atoms with van der Waals surface area (Å²) in [5.41, 5.74) is 3.13. The molecule has 0 bridgehead atoms. The summed E-state index contributed by atoms with van der Waals surface area (Å²) in [5.74, 6) is 1.53. The molecule has 1 saturated carbocycles. The lowest BCUT2D eigenvalue weighted by Gasteiger charge is -2.31. The summed E-state index contributed by atoms with van der Waals surface area (Å²) in [7, 11) is 0. The highest BCUT2D eigenvalue weighted by atomic mass is 16.5. The van der Waals surface area contributed by atoms with Gasteiger partial charge in [-0.1, -0.05) is 60.8 Å². The molecule has 0 amide bonds. The van der Waals surface area contributed by atoms with Crippen molar-refractivity contribution in [3.63, 3.8) is 0 Å². The third-order valence-electron chi connectivity index (χ3n) is 6.24. The fourth-order valence-corrected chi connectivity index (χ4v) is 4.97. The summed E-state index contributed by atoms with van der Waals surface area (Å²) in [4.78, 5) is 12.0. The molecule has 3 rings (SSSR count). The van der Waals surface area contributed by atoms with Gasteiger partial charge in [0.25, 0.3) is 0 Å². The van der Waals surface area contributed by atoms with E-state index in [-0.39, 0.29) is 22.4 Å². The molecule has 1 fully saturated rings. The number of carbonyl (C=O) groups is 1. The molecule has 0 N–H and O–H groups in total. The highest BCUT2D eigenvalue weighted by Crippen LogP contribution is 2.52. The van der Waals surface area contributed by atoms with Crippen molar-refractivity contribution in [3.05, 3.63) is 22.8 Å². The summed E-state index contributed by atoms with van der Waals surface area (Å²) in [6.07, 6.45) is 9.62. The van der Waals surface area contributed by atoms with Gasteiger partial charge in [-0.05, 0) is 42.6 Å². The number of hydrogen-bond acceptors (Lipinski definition) is 3. The Morgan fingerprint density at radius 2 is 1.54 bits per heavy atom. The molecule has 0 saturated heterocycles. The molecule has 1 heterocycles. The quantitative estimate of drug-likeness (QED) is 0.401. The monoisotopic (exact) mass is 386 g/mol. The fraction of sp³-hybridized carbons (Fsp3) is 0.720. The van der Waals surface area contributed by atoms with E-state index in [1.165, 1.54) is 44.6 Å². The summed E-state index contributed by atoms with van der Waals surface area (Å²) in [6, 6.07) is 2.16. The van der Waals surface area contributed by atoms with Crippen LogP contribution in [-0.4, -0.2) is 11.6 Å². The van der Waals surface area contributed by atoms with Crippen LogP contribution >= 0.6 is 0 Å². The summed E-state index contributed by atoms with van der Waals surface area (Å²) in [5, 5.41) is 0. The summed E-state index contributed by atoms with van der Waals surface area (Å²) in [6.45, 7) is 14.7. The van der Waals surface area contributed by atoms with Gasteiger partial charge in [-0.15, -0.1) is 0 Å². The molecule has 0 unspecified atom stereocenters. The first-order chi connectivity index (χ1) is 12.9. The average Bonchev–Trinajstić information content (AvgIpc) is 2.86. The molecule has 28 heavy (non-hydrogen) atoms. The topological polar surface area (TPSA) is 35.5 Å². The van der Waals surface area contributed by atoms with E-state index in [1.54, 1.807) is 0 Å². The Kier molecular flexibility index (Phi) is 5.59. The average molecular weight is 387 g/mol. The van der Waals surface area contributed by atoms with Crippen LogP contribution in [-0.2, 0) is 22.0 Å². The number of hydrogen-bond donors (Lipinski definition) is 0. The Bertz CT molecular complexity index is 739. The zero-order valence-electron chi connectivity index (χ0n) is 19.0. The van der Waals surface area contributed by atoms with Gasteiger partial charge in [-0.25, -0.2) is 0 Å². The standard InChI is InChI=1S/C25H38O3/c1-17(26)27-22-19(23(2,3)4)15-20-18(21(22)24(5,6)7)16-25(28-20)13-11-9-8-10-12-14-25/h15H,8-14,16H2,1-7H3. The number of benzene rings is 1. The molecule has 1 spiro atoms. The number of esters is 1. The molecule has 1 aliphatic heterocycles. The van der Waals surface area contributed by atoms with Crippen LogP contribution in [0.2, 0.25) is 0 Å². The fourth-order valence-electron chi connectivity index (χ4n) is 4.97. The Balaban J connectivity index is 2.18.